The minimum atomic E-state index is 0.419. The molecule has 1 aromatic heterocycles. The number of aromatic nitrogens is 2. The maximum atomic E-state index is 5.94. The topological polar surface area (TPSA) is 43.8 Å². The first-order valence-electron chi connectivity index (χ1n) is 4.82. The molecular weight excluding hydrogens is 245 g/mol. The largest absolute Gasteiger partial charge is 0.325 e. The second-order valence-electron chi connectivity index (χ2n) is 3.52. The molecular formula is C11H11Cl2N3. The monoisotopic (exact) mass is 255 g/mol. The van der Waals surface area contributed by atoms with Gasteiger partial charge in [0, 0.05) is 22.3 Å². The van der Waals surface area contributed by atoms with E-state index in [0.29, 0.717) is 16.6 Å². The summed E-state index contributed by atoms with van der Waals surface area (Å²) in [6, 6.07) is 7.26. The average molecular weight is 256 g/mol. The first kappa shape index (κ1) is 11.5. The Morgan fingerprint density at radius 3 is 2.31 bits per heavy atom. The number of nitrogens with two attached hydrogens (primary N) is 1. The van der Waals surface area contributed by atoms with Crippen LogP contribution in [-0.2, 0) is 6.54 Å². The van der Waals surface area contributed by atoms with Gasteiger partial charge in [-0.15, -0.1) is 0 Å². The summed E-state index contributed by atoms with van der Waals surface area (Å²) in [5.41, 5.74) is 8.22. The second kappa shape index (κ2) is 4.45. The molecule has 0 saturated heterocycles. The molecule has 0 amide bonds. The number of benzene rings is 1. The third-order valence-corrected chi connectivity index (χ3v) is 2.68. The highest BCUT2D eigenvalue weighted by atomic mass is 35.5. The number of hydrogen-bond donors (Lipinski definition) is 1. The molecule has 0 bridgehead atoms. The van der Waals surface area contributed by atoms with Gasteiger partial charge in [0.1, 0.15) is 0 Å². The minimum absolute atomic E-state index is 0.419. The summed E-state index contributed by atoms with van der Waals surface area (Å²) in [7, 11) is 0. The zero-order chi connectivity index (χ0) is 11.7. The van der Waals surface area contributed by atoms with Crippen LogP contribution in [0.25, 0.3) is 5.69 Å². The molecule has 1 aromatic carbocycles. The first-order valence-corrected chi connectivity index (χ1v) is 5.58. The van der Waals surface area contributed by atoms with Crippen molar-refractivity contribution in [2.75, 3.05) is 0 Å². The Hall–Kier alpha value is -1.03. The molecule has 0 aliphatic carbocycles. The first-order chi connectivity index (χ1) is 7.60. The Bertz CT molecular complexity index is 500. The van der Waals surface area contributed by atoms with E-state index in [0.717, 1.165) is 17.1 Å². The molecule has 0 fully saturated rings. The molecule has 0 aliphatic heterocycles. The van der Waals surface area contributed by atoms with Crippen LogP contribution >= 0.6 is 23.2 Å². The molecule has 0 radical (unpaired) electrons. The van der Waals surface area contributed by atoms with Crippen molar-refractivity contribution < 1.29 is 0 Å². The predicted octanol–water partition coefficient (Wildman–Crippen LogP) is 2.95. The molecule has 3 nitrogen and oxygen atoms in total. The molecule has 0 aliphatic rings. The summed E-state index contributed by atoms with van der Waals surface area (Å²) >= 11 is 11.9. The van der Waals surface area contributed by atoms with Crippen LogP contribution in [0.3, 0.4) is 0 Å². The molecule has 0 saturated carbocycles. The minimum Gasteiger partial charge on any atom is -0.325 e. The van der Waals surface area contributed by atoms with Crippen molar-refractivity contribution >= 4 is 23.2 Å². The Morgan fingerprint density at radius 2 is 1.81 bits per heavy atom. The van der Waals surface area contributed by atoms with E-state index in [2.05, 4.69) is 5.10 Å². The van der Waals surface area contributed by atoms with Gasteiger partial charge in [-0.05, 0) is 31.2 Å². The van der Waals surface area contributed by atoms with Crippen LogP contribution in [0.15, 0.2) is 24.3 Å². The van der Waals surface area contributed by atoms with E-state index in [1.54, 1.807) is 10.7 Å². The molecule has 2 rings (SSSR count). The number of nitrogens with zero attached hydrogens (tertiary/aromatic N) is 2. The molecule has 1 heterocycles. The van der Waals surface area contributed by atoms with E-state index in [4.69, 9.17) is 28.9 Å². The predicted molar refractivity (Wildman–Crippen MR) is 66.2 cm³/mol. The van der Waals surface area contributed by atoms with Gasteiger partial charge in [0.2, 0.25) is 0 Å². The van der Waals surface area contributed by atoms with E-state index >= 15 is 0 Å². The lowest BCUT2D eigenvalue weighted by molar-refractivity contribution is 0.812. The maximum absolute atomic E-state index is 5.94. The highest BCUT2D eigenvalue weighted by Gasteiger charge is 2.06. The van der Waals surface area contributed by atoms with Gasteiger partial charge in [0.25, 0.3) is 0 Å². The number of rotatable bonds is 2. The molecule has 2 N–H and O–H groups in total. The number of hydrogen-bond acceptors (Lipinski definition) is 2. The summed E-state index contributed by atoms with van der Waals surface area (Å²) in [6.45, 7) is 2.38. The van der Waals surface area contributed by atoms with Gasteiger partial charge < -0.3 is 5.73 Å². The van der Waals surface area contributed by atoms with Crippen molar-refractivity contribution in [1.82, 2.24) is 9.78 Å². The molecule has 5 heteroatoms. The van der Waals surface area contributed by atoms with Crippen LogP contribution in [-0.4, -0.2) is 9.78 Å². The van der Waals surface area contributed by atoms with Crippen LogP contribution in [0, 0.1) is 6.92 Å². The van der Waals surface area contributed by atoms with Crippen molar-refractivity contribution in [2.45, 2.75) is 13.5 Å². The van der Waals surface area contributed by atoms with Gasteiger partial charge in [-0.3, -0.25) is 0 Å². The van der Waals surface area contributed by atoms with E-state index in [1.807, 2.05) is 25.1 Å². The molecule has 2 aromatic rings. The van der Waals surface area contributed by atoms with Crippen molar-refractivity contribution in [1.29, 1.82) is 0 Å². The SMILES string of the molecule is Cc1cc(CN)nn1-c1cc(Cl)cc(Cl)c1. The molecule has 0 spiro atoms. The second-order valence-corrected chi connectivity index (χ2v) is 4.39. The summed E-state index contributed by atoms with van der Waals surface area (Å²) < 4.78 is 1.78. The van der Waals surface area contributed by atoms with Gasteiger partial charge in [0.05, 0.1) is 11.4 Å². The Kier molecular flexibility index (Phi) is 3.19. The fourth-order valence-electron chi connectivity index (χ4n) is 1.56. The van der Waals surface area contributed by atoms with Crippen LogP contribution in [0.4, 0.5) is 0 Å². The summed E-state index contributed by atoms with van der Waals surface area (Å²) in [5.74, 6) is 0. The van der Waals surface area contributed by atoms with E-state index in [-0.39, 0.29) is 0 Å². The van der Waals surface area contributed by atoms with Crippen molar-refractivity contribution in [3.63, 3.8) is 0 Å². The van der Waals surface area contributed by atoms with Gasteiger partial charge in [0.15, 0.2) is 0 Å². The number of halogens is 2. The van der Waals surface area contributed by atoms with Crippen LogP contribution in [0.5, 0.6) is 0 Å². The van der Waals surface area contributed by atoms with Crippen LogP contribution in [0.1, 0.15) is 11.4 Å². The normalized spacial score (nSPS) is 10.8. The summed E-state index contributed by atoms with van der Waals surface area (Å²) in [6.07, 6.45) is 0. The van der Waals surface area contributed by atoms with Gasteiger partial charge in [-0.25, -0.2) is 4.68 Å². The zero-order valence-electron chi connectivity index (χ0n) is 8.74. The summed E-state index contributed by atoms with van der Waals surface area (Å²) in [5, 5.41) is 5.53. The summed E-state index contributed by atoms with van der Waals surface area (Å²) in [4.78, 5) is 0. The van der Waals surface area contributed by atoms with E-state index in [9.17, 15) is 0 Å². The average Bonchev–Trinajstić information content (AvgIpc) is 2.58. The smallest absolute Gasteiger partial charge is 0.0767 e. The third-order valence-electron chi connectivity index (χ3n) is 2.24. The van der Waals surface area contributed by atoms with Crippen LogP contribution < -0.4 is 5.73 Å². The molecule has 16 heavy (non-hydrogen) atoms. The van der Waals surface area contributed by atoms with Crippen molar-refractivity contribution in [3.8, 4) is 5.69 Å². The highest BCUT2D eigenvalue weighted by Crippen LogP contribution is 2.22. The third kappa shape index (κ3) is 2.21. The number of aryl methyl sites for hydroxylation is 1. The molecule has 0 atom stereocenters. The lowest BCUT2D eigenvalue weighted by atomic mass is 10.3. The fraction of sp³-hybridized carbons (Fsp3) is 0.182. The van der Waals surface area contributed by atoms with Crippen molar-refractivity contribution in [2.24, 2.45) is 5.73 Å². The quantitative estimate of drug-likeness (QED) is 0.897. The lowest BCUT2D eigenvalue weighted by Crippen LogP contribution is -2.01. The zero-order valence-corrected chi connectivity index (χ0v) is 10.3. The molecule has 84 valence electrons. The van der Waals surface area contributed by atoms with E-state index in [1.165, 1.54) is 0 Å². The Labute approximate surface area is 104 Å². The maximum Gasteiger partial charge on any atom is 0.0767 e. The Balaban J connectivity index is 2.53. The fourth-order valence-corrected chi connectivity index (χ4v) is 2.08. The lowest BCUT2D eigenvalue weighted by Gasteiger charge is -2.05. The van der Waals surface area contributed by atoms with Crippen LogP contribution in [0.2, 0.25) is 10.0 Å². The van der Waals surface area contributed by atoms with Gasteiger partial charge in [-0.2, -0.15) is 5.10 Å². The highest BCUT2D eigenvalue weighted by molar-refractivity contribution is 6.34. The molecule has 0 unspecified atom stereocenters. The van der Waals surface area contributed by atoms with Gasteiger partial charge in [-0.1, -0.05) is 23.2 Å². The Morgan fingerprint density at radius 1 is 1.19 bits per heavy atom. The standard InChI is InChI=1S/C11H11Cl2N3/c1-7-2-10(6-14)15-16(7)11-4-8(12)3-9(13)5-11/h2-5H,6,14H2,1H3. The van der Waals surface area contributed by atoms with Crippen molar-refractivity contribution in [3.05, 3.63) is 45.7 Å². The van der Waals surface area contributed by atoms with E-state index < -0.39 is 0 Å². The van der Waals surface area contributed by atoms with Gasteiger partial charge >= 0.3 is 0 Å².